The molecule has 19 heavy (non-hydrogen) atoms. The van der Waals surface area contributed by atoms with E-state index in [1.54, 1.807) is 18.4 Å². The van der Waals surface area contributed by atoms with Gasteiger partial charge in [-0.3, -0.25) is 0 Å². The lowest BCUT2D eigenvalue weighted by Crippen LogP contribution is -1.80. The van der Waals surface area contributed by atoms with Gasteiger partial charge in [0.2, 0.25) is 0 Å². The van der Waals surface area contributed by atoms with Gasteiger partial charge in [-0.1, -0.05) is 24.3 Å². The normalized spacial score (nSPS) is 10.8. The van der Waals surface area contributed by atoms with Crippen LogP contribution in [0.5, 0.6) is 5.75 Å². The molecule has 0 radical (unpaired) electrons. The molecule has 0 saturated heterocycles. The molecule has 2 aromatic carbocycles. The van der Waals surface area contributed by atoms with Crippen molar-refractivity contribution < 1.29 is 4.74 Å². The first-order valence-corrected chi connectivity index (χ1v) is 7.67. The van der Waals surface area contributed by atoms with Crippen molar-refractivity contribution in [2.24, 2.45) is 0 Å². The molecule has 2 nitrogen and oxygen atoms in total. The van der Waals surface area contributed by atoms with Gasteiger partial charge in [-0.25, -0.2) is 4.98 Å². The Morgan fingerprint density at radius 2 is 1.95 bits per heavy atom. The Kier molecular flexibility index (Phi) is 3.50. The standard InChI is InChI=1S/C15H14NOPS/c1-17-12-6-7-13-14(8-12)19-15(16-13)11-4-2-10(9-18)3-5-11/h2-8H,9,18H2,1H3. The fourth-order valence-electron chi connectivity index (χ4n) is 1.94. The lowest BCUT2D eigenvalue weighted by atomic mass is 10.2. The van der Waals surface area contributed by atoms with Gasteiger partial charge >= 0.3 is 0 Å². The van der Waals surface area contributed by atoms with Crippen LogP contribution in [0.3, 0.4) is 0 Å². The molecule has 3 rings (SSSR count). The van der Waals surface area contributed by atoms with Gasteiger partial charge in [0.05, 0.1) is 17.3 Å². The maximum Gasteiger partial charge on any atom is 0.124 e. The Labute approximate surface area is 118 Å². The first-order chi connectivity index (χ1) is 9.30. The van der Waals surface area contributed by atoms with Crippen molar-refractivity contribution in [1.82, 2.24) is 4.98 Å². The number of methoxy groups -OCH3 is 1. The molecular weight excluding hydrogens is 273 g/mol. The van der Waals surface area contributed by atoms with E-state index < -0.39 is 0 Å². The van der Waals surface area contributed by atoms with Crippen LogP contribution in [-0.4, -0.2) is 12.1 Å². The molecule has 0 aliphatic rings. The molecule has 0 saturated carbocycles. The number of nitrogens with zero attached hydrogens (tertiary/aromatic N) is 1. The number of ether oxygens (including phenoxy) is 1. The summed E-state index contributed by atoms with van der Waals surface area (Å²) in [5.41, 5.74) is 3.51. The van der Waals surface area contributed by atoms with Gasteiger partial charge in [-0.2, -0.15) is 0 Å². The summed E-state index contributed by atoms with van der Waals surface area (Å²) in [4.78, 5) is 4.67. The van der Waals surface area contributed by atoms with Crippen molar-refractivity contribution in [3.05, 3.63) is 48.0 Å². The summed E-state index contributed by atoms with van der Waals surface area (Å²) >= 11 is 1.70. The summed E-state index contributed by atoms with van der Waals surface area (Å²) in [5, 5.41) is 1.05. The zero-order valence-electron chi connectivity index (χ0n) is 10.6. The highest BCUT2D eigenvalue weighted by Gasteiger charge is 2.07. The summed E-state index contributed by atoms with van der Waals surface area (Å²) in [6.07, 6.45) is 0.983. The van der Waals surface area contributed by atoms with Crippen LogP contribution in [-0.2, 0) is 6.16 Å². The molecule has 1 heterocycles. The Morgan fingerprint density at radius 3 is 2.63 bits per heavy atom. The third-order valence-corrected chi connectivity index (χ3v) is 4.57. The van der Waals surface area contributed by atoms with Crippen molar-refractivity contribution >= 4 is 30.8 Å². The maximum atomic E-state index is 5.24. The van der Waals surface area contributed by atoms with Crippen molar-refractivity contribution in [1.29, 1.82) is 0 Å². The highest BCUT2D eigenvalue weighted by Crippen LogP contribution is 2.32. The summed E-state index contributed by atoms with van der Waals surface area (Å²) in [5.74, 6) is 0.876. The molecule has 4 heteroatoms. The quantitative estimate of drug-likeness (QED) is 0.668. The molecule has 0 aliphatic carbocycles. The van der Waals surface area contributed by atoms with E-state index in [1.807, 2.05) is 18.2 Å². The van der Waals surface area contributed by atoms with Gasteiger partial charge in [-0.05, 0) is 29.9 Å². The Bertz CT molecular complexity index is 706. The topological polar surface area (TPSA) is 22.1 Å². The Hall–Kier alpha value is -1.44. The van der Waals surface area contributed by atoms with Crippen molar-refractivity contribution in [2.45, 2.75) is 6.16 Å². The van der Waals surface area contributed by atoms with Gasteiger partial charge in [0.15, 0.2) is 0 Å². The number of aromatic nitrogens is 1. The van der Waals surface area contributed by atoms with Crippen LogP contribution >= 0.6 is 20.6 Å². The molecule has 1 unspecified atom stereocenters. The lowest BCUT2D eigenvalue weighted by molar-refractivity contribution is 0.415. The first-order valence-electron chi connectivity index (χ1n) is 6.04. The zero-order valence-corrected chi connectivity index (χ0v) is 12.6. The van der Waals surface area contributed by atoms with Gasteiger partial charge in [0.25, 0.3) is 0 Å². The smallest absolute Gasteiger partial charge is 0.124 e. The van der Waals surface area contributed by atoms with Crippen LogP contribution in [0.4, 0.5) is 0 Å². The van der Waals surface area contributed by atoms with E-state index in [2.05, 4.69) is 38.5 Å². The number of benzene rings is 2. The average molecular weight is 287 g/mol. The third kappa shape index (κ3) is 2.49. The van der Waals surface area contributed by atoms with Crippen molar-refractivity contribution in [2.75, 3.05) is 7.11 Å². The van der Waals surface area contributed by atoms with Crippen LogP contribution in [0, 0.1) is 0 Å². The molecule has 3 aromatic rings. The molecule has 1 aromatic heterocycles. The van der Waals surface area contributed by atoms with Crippen LogP contribution in [0.25, 0.3) is 20.8 Å². The van der Waals surface area contributed by atoms with Gasteiger partial charge < -0.3 is 4.74 Å². The van der Waals surface area contributed by atoms with Crippen LogP contribution in [0.1, 0.15) is 5.56 Å². The predicted octanol–water partition coefficient (Wildman–Crippen LogP) is 4.35. The van der Waals surface area contributed by atoms with Crippen molar-refractivity contribution in [3.8, 4) is 16.3 Å². The Morgan fingerprint density at radius 1 is 1.16 bits per heavy atom. The number of hydrogen-bond acceptors (Lipinski definition) is 3. The van der Waals surface area contributed by atoms with Crippen LogP contribution in [0.2, 0.25) is 0 Å². The second kappa shape index (κ2) is 5.28. The second-order valence-corrected chi connectivity index (χ2v) is 5.69. The van der Waals surface area contributed by atoms with Gasteiger partial charge in [0.1, 0.15) is 10.8 Å². The fraction of sp³-hybridized carbons (Fsp3) is 0.133. The minimum Gasteiger partial charge on any atom is -0.497 e. The van der Waals surface area contributed by atoms with Crippen LogP contribution in [0.15, 0.2) is 42.5 Å². The zero-order chi connectivity index (χ0) is 13.2. The number of hydrogen-bond donors (Lipinski definition) is 0. The van der Waals surface area contributed by atoms with E-state index in [0.29, 0.717) is 0 Å². The largest absolute Gasteiger partial charge is 0.497 e. The molecule has 0 aliphatic heterocycles. The predicted molar refractivity (Wildman–Crippen MR) is 85.0 cm³/mol. The number of thiazole rings is 1. The molecule has 0 N–H and O–H groups in total. The van der Waals surface area contributed by atoms with Gasteiger partial charge in [0, 0.05) is 5.56 Å². The Balaban J connectivity index is 2.04. The van der Waals surface area contributed by atoms with E-state index >= 15 is 0 Å². The van der Waals surface area contributed by atoms with E-state index in [-0.39, 0.29) is 0 Å². The average Bonchev–Trinajstić information content (AvgIpc) is 2.90. The second-order valence-electron chi connectivity index (χ2n) is 4.25. The molecular formula is C15H14NOPS. The molecule has 0 bridgehead atoms. The van der Waals surface area contributed by atoms with Gasteiger partial charge in [-0.15, -0.1) is 20.6 Å². The molecule has 0 spiro atoms. The SMILES string of the molecule is COc1ccc2nc(-c3ccc(CP)cc3)sc2c1. The minimum absolute atomic E-state index is 0.876. The molecule has 0 amide bonds. The lowest BCUT2D eigenvalue weighted by Gasteiger charge is -1.98. The highest BCUT2D eigenvalue weighted by atomic mass is 32.1. The summed E-state index contributed by atoms with van der Waals surface area (Å²) in [6.45, 7) is 0. The number of fused-ring (bicyclic) bond motifs is 1. The maximum absolute atomic E-state index is 5.24. The minimum atomic E-state index is 0.876. The summed E-state index contributed by atoms with van der Waals surface area (Å²) in [7, 11) is 4.42. The van der Waals surface area contributed by atoms with E-state index in [0.717, 1.165) is 27.1 Å². The summed E-state index contributed by atoms with van der Waals surface area (Å²) < 4.78 is 6.40. The summed E-state index contributed by atoms with van der Waals surface area (Å²) in [6, 6.07) is 14.6. The number of rotatable bonds is 3. The molecule has 0 fully saturated rings. The molecule has 96 valence electrons. The van der Waals surface area contributed by atoms with E-state index in [9.17, 15) is 0 Å². The third-order valence-electron chi connectivity index (χ3n) is 3.03. The van der Waals surface area contributed by atoms with Crippen molar-refractivity contribution in [3.63, 3.8) is 0 Å². The van der Waals surface area contributed by atoms with E-state index in [4.69, 9.17) is 4.74 Å². The fourth-order valence-corrected chi connectivity index (χ4v) is 3.21. The molecule has 1 atom stereocenters. The first kappa shape index (κ1) is 12.6. The van der Waals surface area contributed by atoms with E-state index in [1.165, 1.54) is 11.1 Å². The van der Waals surface area contributed by atoms with Crippen LogP contribution < -0.4 is 4.74 Å². The highest BCUT2D eigenvalue weighted by molar-refractivity contribution is 7.21. The monoisotopic (exact) mass is 287 g/mol.